The average molecular weight is 469 g/mol. The second kappa shape index (κ2) is 9.53. The predicted octanol–water partition coefficient (Wildman–Crippen LogP) is 2.18. The van der Waals surface area contributed by atoms with E-state index in [9.17, 15) is 17.6 Å². The summed E-state index contributed by atoms with van der Waals surface area (Å²) in [6.45, 7) is 1.01. The Balaban J connectivity index is 1.49. The van der Waals surface area contributed by atoms with E-state index in [4.69, 9.17) is 18.4 Å². The van der Waals surface area contributed by atoms with Gasteiger partial charge < -0.3 is 19.5 Å². The maximum absolute atomic E-state index is 14.9. The lowest BCUT2D eigenvalue weighted by molar-refractivity contribution is -0.168. The molecule has 2 aliphatic heterocycles. The molecule has 2 aromatic rings. The van der Waals surface area contributed by atoms with Gasteiger partial charge >= 0.3 is 6.09 Å². The van der Waals surface area contributed by atoms with E-state index >= 15 is 0 Å². The van der Waals surface area contributed by atoms with Crippen molar-refractivity contribution in [3.8, 4) is 5.69 Å². The van der Waals surface area contributed by atoms with Gasteiger partial charge in [0.2, 0.25) is 0 Å². The van der Waals surface area contributed by atoms with Gasteiger partial charge in [0.15, 0.2) is 12.4 Å². The van der Waals surface area contributed by atoms with Crippen molar-refractivity contribution in [3.63, 3.8) is 0 Å². The summed E-state index contributed by atoms with van der Waals surface area (Å²) in [7, 11) is -3.90. The molecule has 0 saturated carbocycles. The Kier molecular flexibility index (Phi) is 6.74. The van der Waals surface area contributed by atoms with Crippen molar-refractivity contribution in [1.29, 1.82) is 0 Å². The highest BCUT2D eigenvalue weighted by molar-refractivity contribution is 7.86. The maximum Gasteiger partial charge on any atom is 0.407 e. The number of cyclic esters (lactones) is 1. The van der Waals surface area contributed by atoms with Gasteiger partial charge in [-0.2, -0.15) is 13.5 Å². The maximum atomic E-state index is 14.9. The van der Waals surface area contributed by atoms with Crippen LogP contribution in [0, 0.1) is 5.82 Å². The Bertz CT molecular complexity index is 1070. The van der Waals surface area contributed by atoms with Gasteiger partial charge in [-0.25, -0.2) is 13.9 Å². The van der Waals surface area contributed by atoms with Gasteiger partial charge in [-0.3, -0.25) is 4.18 Å². The van der Waals surface area contributed by atoms with E-state index < -0.39 is 34.2 Å². The first-order valence-electron chi connectivity index (χ1n) is 10.2. The molecule has 3 heterocycles. The number of benzene rings is 1. The largest absolute Gasteiger partial charge is 0.441 e. The number of hydrogen-bond donors (Lipinski definition) is 1. The normalized spacial score (nSPS) is 22.4. The summed E-state index contributed by atoms with van der Waals surface area (Å²) in [6.07, 6.45) is 3.98. The van der Waals surface area contributed by atoms with Crippen LogP contribution in [-0.4, -0.2) is 56.1 Å². The van der Waals surface area contributed by atoms with Crippen LogP contribution in [0.15, 0.2) is 30.6 Å². The van der Waals surface area contributed by atoms with Crippen LogP contribution < -0.4 is 5.32 Å². The molecule has 0 aliphatic carbocycles. The topological polar surface area (TPSA) is 118 Å². The van der Waals surface area contributed by atoms with Gasteiger partial charge in [-0.1, -0.05) is 6.07 Å². The monoisotopic (exact) mass is 469 g/mol. The molecule has 1 aromatic carbocycles. The molecule has 0 spiro atoms. The zero-order valence-electron chi connectivity index (χ0n) is 17.4. The second-order valence-electron chi connectivity index (χ2n) is 7.66. The van der Waals surface area contributed by atoms with E-state index in [-0.39, 0.29) is 30.7 Å². The first-order valence-corrected chi connectivity index (χ1v) is 12.0. The van der Waals surface area contributed by atoms with Crippen LogP contribution in [0.25, 0.3) is 5.69 Å². The van der Waals surface area contributed by atoms with Gasteiger partial charge in [-0.15, -0.1) is 0 Å². The van der Waals surface area contributed by atoms with Gasteiger partial charge in [0.25, 0.3) is 10.1 Å². The number of halogens is 1. The molecule has 3 unspecified atom stereocenters. The van der Waals surface area contributed by atoms with Crippen molar-refractivity contribution in [2.24, 2.45) is 0 Å². The lowest BCUT2D eigenvalue weighted by Gasteiger charge is -2.22. The summed E-state index contributed by atoms with van der Waals surface area (Å²) in [4.78, 5) is 11.4. The highest BCUT2D eigenvalue weighted by Gasteiger charge is 2.35. The van der Waals surface area contributed by atoms with E-state index in [1.807, 2.05) is 0 Å². The Morgan fingerprint density at radius 3 is 2.88 bits per heavy atom. The van der Waals surface area contributed by atoms with Crippen molar-refractivity contribution in [2.75, 3.05) is 19.4 Å². The lowest BCUT2D eigenvalue weighted by atomic mass is 10.0. The summed E-state index contributed by atoms with van der Waals surface area (Å²) in [5.41, 5.74) is 1.13. The molecule has 2 fully saturated rings. The molecule has 3 atom stereocenters. The van der Waals surface area contributed by atoms with Crippen molar-refractivity contribution < 1.29 is 36.0 Å². The van der Waals surface area contributed by atoms with E-state index in [0.717, 1.165) is 37.1 Å². The first-order chi connectivity index (χ1) is 15.3. The molecule has 10 nitrogen and oxygen atoms in total. The Morgan fingerprint density at radius 1 is 1.38 bits per heavy atom. The molecule has 2 aliphatic rings. The molecule has 32 heavy (non-hydrogen) atoms. The number of ether oxygens (including phenoxy) is 3. The number of alkyl carbamates (subject to hydrolysis) is 1. The van der Waals surface area contributed by atoms with E-state index in [0.29, 0.717) is 6.61 Å². The van der Waals surface area contributed by atoms with Crippen molar-refractivity contribution in [1.82, 2.24) is 15.1 Å². The molecular formula is C20H24FN3O7S. The second-order valence-corrected chi connectivity index (χ2v) is 9.26. The zero-order valence-corrected chi connectivity index (χ0v) is 18.2. The quantitative estimate of drug-likeness (QED) is 0.585. The number of rotatable bonds is 8. The molecule has 0 radical (unpaired) electrons. The van der Waals surface area contributed by atoms with E-state index in [1.165, 1.54) is 16.8 Å². The molecule has 4 rings (SSSR count). The summed E-state index contributed by atoms with van der Waals surface area (Å²) in [5, 5.41) is 6.61. The van der Waals surface area contributed by atoms with E-state index in [2.05, 4.69) is 10.4 Å². The number of nitrogens with zero attached hydrogens (tertiary/aromatic N) is 2. The van der Waals surface area contributed by atoms with Gasteiger partial charge in [0.1, 0.15) is 17.6 Å². The average Bonchev–Trinajstić information content (AvgIpc) is 3.40. The van der Waals surface area contributed by atoms with Crippen LogP contribution in [0.1, 0.15) is 36.5 Å². The minimum absolute atomic E-state index is 0.0373. The van der Waals surface area contributed by atoms with Gasteiger partial charge in [0, 0.05) is 18.4 Å². The highest BCUT2D eigenvalue weighted by atomic mass is 32.2. The number of carbonyl (C=O) groups is 1. The SMILES string of the molecule is CS(=O)(=O)OC(c1ccc(-n2cc(COC3CCCCO3)cn2)c(F)c1)C1CNC(=O)O1. The predicted molar refractivity (Wildman–Crippen MR) is 109 cm³/mol. The van der Waals surface area contributed by atoms with Gasteiger partial charge in [-0.05, 0) is 37.0 Å². The molecular weight excluding hydrogens is 445 g/mol. The Hall–Kier alpha value is -2.54. The molecule has 2 saturated heterocycles. The van der Waals surface area contributed by atoms with Crippen molar-refractivity contribution >= 4 is 16.2 Å². The van der Waals surface area contributed by atoms with Crippen LogP contribution in [-0.2, 0) is 35.1 Å². The summed E-state index contributed by atoms with van der Waals surface area (Å²) in [5.74, 6) is -0.645. The lowest BCUT2D eigenvalue weighted by Crippen LogP contribution is -2.27. The van der Waals surface area contributed by atoms with Crippen LogP contribution >= 0.6 is 0 Å². The minimum Gasteiger partial charge on any atom is -0.441 e. The fourth-order valence-corrected chi connectivity index (χ4v) is 4.19. The minimum atomic E-state index is -3.90. The summed E-state index contributed by atoms with van der Waals surface area (Å²) < 4.78 is 61.1. The molecule has 1 amide bonds. The Labute approximate surface area is 184 Å². The molecule has 12 heteroatoms. The van der Waals surface area contributed by atoms with Crippen molar-refractivity contribution in [2.45, 2.75) is 44.4 Å². The van der Waals surface area contributed by atoms with E-state index in [1.54, 1.807) is 12.4 Å². The van der Waals surface area contributed by atoms with Crippen LogP contribution in [0.2, 0.25) is 0 Å². The molecule has 1 N–H and O–H groups in total. The third-order valence-corrected chi connectivity index (χ3v) is 5.64. The number of carbonyl (C=O) groups excluding carboxylic acids is 1. The van der Waals surface area contributed by atoms with Crippen LogP contribution in [0.4, 0.5) is 9.18 Å². The zero-order chi connectivity index (χ0) is 22.7. The third kappa shape index (κ3) is 5.63. The van der Waals surface area contributed by atoms with Crippen LogP contribution in [0.3, 0.4) is 0 Å². The third-order valence-electron chi connectivity index (χ3n) is 5.08. The summed E-state index contributed by atoms with van der Waals surface area (Å²) in [6, 6.07) is 4.11. The smallest absolute Gasteiger partial charge is 0.407 e. The Morgan fingerprint density at radius 2 is 2.22 bits per heavy atom. The number of aromatic nitrogens is 2. The summed E-state index contributed by atoms with van der Waals surface area (Å²) >= 11 is 0. The fraction of sp³-hybridized carbons (Fsp3) is 0.500. The number of nitrogens with one attached hydrogen (secondary N) is 1. The van der Waals surface area contributed by atoms with Crippen LogP contribution in [0.5, 0.6) is 0 Å². The van der Waals surface area contributed by atoms with Gasteiger partial charge in [0.05, 0.1) is 25.6 Å². The standard InChI is InChI=1S/C20H24FN3O7S/c1-32(26,27)31-19(17-10-22-20(25)30-17)14-5-6-16(15(21)8-14)24-11-13(9-23-24)12-29-18-4-2-3-7-28-18/h5-6,8-9,11,17-19H,2-4,7,10,12H2,1H3,(H,22,25). The molecule has 0 bridgehead atoms. The van der Waals surface area contributed by atoms with Crippen molar-refractivity contribution in [3.05, 3.63) is 47.5 Å². The molecule has 1 aromatic heterocycles. The highest BCUT2D eigenvalue weighted by Crippen LogP contribution is 2.29. The number of hydrogen-bond acceptors (Lipinski definition) is 8. The fourth-order valence-electron chi connectivity index (χ4n) is 3.58. The first kappa shape index (κ1) is 22.6. The molecule has 174 valence electrons. The number of amides is 1.